The summed E-state index contributed by atoms with van der Waals surface area (Å²) in [7, 11) is 0. The van der Waals surface area contributed by atoms with Gasteiger partial charge in [0.05, 0.1) is 0 Å². The van der Waals surface area contributed by atoms with Gasteiger partial charge in [-0.25, -0.2) is 0 Å². The lowest BCUT2D eigenvalue weighted by Gasteiger charge is -2.04. The van der Waals surface area contributed by atoms with Gasteiger partial charge in [-0.15, -0.1) is 0 Å². The minimum atomic E-state index is 0.240. The van der Waals surface area contributed by atoms with E-state index in [1.54, 1.807) is 0 Å². The van der Waals surface area contributed by atoms with Crippen molar-refractivity contribution in [1.82, 2.24) is 0 Å². The first-order chi connectivity index (χ1) is 7.27. The van der Waals surface area contributed by atoms with Crippen molar-refractivity contribution < 1.29 is 4.79 Å². The number of hydrogen-bond acceptors (Lipinski definition) is 1. The van der Waals surface area contributed by atoms with Crippen LogP contribution in [0.4, 0.5) is 0 Å². The fourth-order valence-electron chi connectivity index (χ4n) is 1.69. The Morgan fingerprint density at radius 1 is 1.13 bits per heavy atom. The lowest BCUT2D eigenvalue weighted by molar-refractivity contribution is -0.113. The Morgan fingerprint density at radius 3 is 2.60 bits per heavy atom. The van der Waals surface area contributed by atoms with Gasteiger partial charge in [0.15, 0.2) is 5.78 Å². The second kappa shape index (κ2) is 4.26. The lowest BCUT2D eigenvalue weighted by Crippen LogP contribution is -1.99. The van der Waals surface area contributed by atoms with Crippen LogP contribution in [0.2, 0.25) is 0 Å². The van der Waals surface area contributed by atoms with E-state index in [4.69, 9.17) is 0 Å². The first-order valence-corrected chi connectivity index (χ1v) is 5.24. The van der Waals surface area contributed by atoms with Gasteiger partial charge in [0, 0.05) is 12.0 Å². The summed E-state index contributed by atoms with van der Waals surface area (Å²) >= 11 is 0. The molecule has 0 fully saturated rings. The van der Waals surface area contributed by atoms with Crippen LogP contribution < -0.4 is 0 Å². The normalized spacial score (nSPS) is 16.1. The molecule has 15 heavy (non-hydrogen) atoms. The molecule has 0 N–H and O–H groups in total. The summed E-state index contributed by atoms with van der Waals surface area (Å²) in [4.78, 5) is 11.8. The van der Waals surface area contributed by atoms with Crippen LogP contribution in [0.25, 0.3) is 5.57 Å². The van der Waals surface area contributed by atoms with Crippen molar-refractivity contribution in [3.05, 3.63) is 53.6 Å². The maximum absolute atomic E-state index is 11.8. The van der Waals surface area contributed by atoms with E-state index < -0.39 is 0 Å². The van der Waals surface area contributed by atoms with Gasteiger partial charge in [-0.3, -0.25) is 4.79 Å². The highest BCUT2D eigenvalue weighted by Crippen LogP contribution is 2.20. The van der Waals surface area contributed by atoms with Crippen molar-refractivity contribution in [2.45, 2.75) is 19.8 Å². The number of hydrogen-bond donors (Lipinski definition) is 0. The first kappa shape index (κ1) is 9.91. The van der Waals surface area contributed by atoms with Crippen LogP contribution in [0.3, 0.4) is 0 Å². The van der Waals surface area contributed by atoms with Gasteiger partial charge in [-0.2, -0.15) is 0 Å². The molecule has 0 amide bonds. The molecule has 0 aliphatic heterocycles. The number of rotatable bonds is 1. The molecule has 0 heterocycles. The molecule has 1 aliphatic carbocycles. The minimum Gasteiger partial charge on any atom is -0.294 e. The molecule has 2 rings (SSSR count). The second-order valence-corrected chi connectivity index (χ2v) is 3.84. The highest BCUT2D eigenvalue weighted by atomic mass is 16.1. The van der Waals surface area contributed by atoms with Crippen molar-refractivity contribution in [3.8, 4) is 0 Å². The highest BCUT2D eigenvalue weighted by molar-refractivity contribution is 6.21. The van der Waals surface area contributed by atoms with Gasteiger partial charge >= 0.3 is 0 Å². The van der Waals surface area contributed by atoms with E-state index in [0.717, 1.165) is 17.6 Å². The Balaban J connectivity index is 2.36. The van der Waals surface area contributed by atoms with E-state index in [2.05, 4.69) is 0 Å². The third kappa shape index (κ3) is 2.24. The quantitative estimate of drug-likeness (QED) is 0.676. The number of carbonyl (C=O) groups excluding carboxylic acids is 1. The lowest BCUT2D eigenvalue weighted by atomic mass is 9.99. The first-order valence-electron chi connectivity index (χ1n) is 5.24. The molecule has 76 valence electrons. The number of aryl methyl sites for hydroxylation is 1. The number of ketones is 1. The van der Waals surface area contributed by atoms with Gasteiger partial charge < -0.3 is 0 Å². The van der Waals surface area contributed by atoms with Gasteiger partial charge in [0.1, 0.15) is 0 Å². The molecule has 0 aromatic heterocycles. The third-order valence-electron chi connectivity index (χ3n) is 2.60. The molecule has 1 aromatic carbocycles. The van der Waals surface area contributed by atoms with Crippen molar-refractivity contribution in [1.29, 1.82) is 0 Å². The molecule has 1 nitrogen and oxygen atoms in total. The van der Waals surface area contributed by atoms with Gasteiger partial charge in [0.2, 0.25) is 0 Å². The predicted molar refractivity (Wildman–Crippen MR) is 62.5 cm³/mol. The largest absolute Gasteiger partial charge is 0.294 e. The Bertz CT molecular complexity index is 421. The summed E-state index contributed by atoms with van der Waals surface area (Å²) < 4.78 is 0. The summed E-state index contributed by atoms with van der Waals surface area (Å²) in [5.74, 6) is 0.240. The van der Waals surface area contributed by atoms with Crippen molar-refractivity contribution in [2.24, 2.45) is 0 Å². The molecule has 1 aromatic rings. The van der Waals surface area contributed by atoms with Crippen LogP contribution >= 0.6 is 0 Å². The van der Waals surface area contributed by atoms with Gasteiger partial charge in [0.25, 0.3) is 0 Å². The molecular formula is C14H14O. The number of carbonyl (C=O) groups is 1. The third-order valence-corrected chi connectivity index (χ3v) is 2.60. The summed E-state index contributed by atoms with van der Waals surface area (Å²) in [6.07, 6.45) is 7.40. The molecule has 0 unspecified atom stereocenters. The zero-order valence-electron chi connectivity index (χ0n) is 8.86. The summed E-state index contributed by atoms with van der Waals surface area (Å²) in [6.45, 7) is 2.05. The molecule has 0 saturated carbocycles. The van der Waals surface area contributed by atoms with Crippen LogP contribution in [0.5, 0.6) is 0 Å². The van der Waals surface area contributed by atoms with E-state index in [-0.39, 0.29) is 5.78 Å². The van der Waals surface area contributed by atoms with Crippen LogP contribution in [-0.4, -0.2) is 5.78 Å². The van der Waals surface area contributed by atoms with E-state index in [1.807, 2.05) is 49.4 Å². The van der Waals surface area contributed by atoms with Crippen molar-refractivity contribution in [2.75, 3.05) is 0 Å². The highest BCUT2D eigenvalue weighted by Gasteiger charge is 2.11. The standard InChI is InChI=1S/C14H14O/c1-11-7-9-12(10-8-11)13-5-3-2-4-6-14(13)15/h2-3,5,7-10H,4,6H2,1H3. The monoisotopic (exact) mass is 198 g/mol. The predicted octanol–water partition coefficient (Wildman–Crippen LogP) is 3.30. The second-order valence-electron chi connectivity index (χ2n) is 3.84. The molecule has 0 bridgehead atoms. The van der Waals surface area contributed by atoms with Crippen LogP contribution in [-0.2, 0) is 4.79 Å². The maximum Gasteiger partial charge on any atom is 0.163 e. The number of allylic oxidation sites excluding steroid dienone is 4. The maximum atomic E-state index is 11.8. The topological polar surface area (TPSA) is 17.1 Å². The van der Waals surface area contributed by atoms with E-state index in [0.29, 0.717) is 6.42 Å². The van der Waals surface area contributed by atoms with Crippen LogP contribution in [0.15, 0.2) is 42.5 Å². The molecule has 0 radical (unpaired) electrons. The van der Waals surface area contributed by atoms with Gasteiger partial charge in [-0.05, 0) is 18.9 Å². The number of Topliss-reactive ketones (excluding diaryl/α,β-unsaturated/α-hetero) is 1. The van der Waals surface area contributed by atoms with Crippen LogP contribution in [0.1, 0.15) is 24.0 Å². The molecular weight excluding hydrogens is 184 g/mol. The van der Waals surface area contributed by atoms with Crippen molar-refractivity contribution in [3.63, 3.8) is 0 Å². The van der Waals surface area contributed by atoms with Crippen molar-refractivity contribution >= 4 is 11.4 Å². The zero-order chi connectivity index (χ0) is 10.7. The summed E-state index contributed by atoms with van der Waals surface area (Å²) in [5.41, 5.74) is 3.08. The van der Waals surface area contributed by atoms with E-state index in [1.165, 1.54) is 5.56 Å². The van der Waals surface area contributed by atoms with E-state index >= 15 is 0 Å². The average molecular weight is 198 g/mol. The number of benzene rings is 1. The Morgan fingerprint density at radius 2 is 1.87 bits per heavy atom. The Hall–Kier alpha value is -1.63. The van der Waals surface area contributed by atoms with Gasteiger partial charge in [-0.1, -0.05) is 48.1 Å². The zero-order valence-corrected chi connectivity index (χ0v) is 8.86. The minimum absolute atomic E-state index is 0.240. The molecule has 0 atom stereocenters. The molecule has 1 heteroatoms. The molecule has 0 spiro atoms. The SMILES string of the molecule is Cc1ccc(C2=CC=CCCC2=O)cc1. The fraction of sp³-hybridized carbons (Fsp3) is 0.214. The van der Waals surface area contributed by atoms with Crippen LogP contribution in [0, 0.1) is 6.92 Å². The summed E-state index contributed by atoms with van der Waals surface area (Å²) in [5, 5.41) is 0. The Labute approximate surface area is 90.1 Å². The van der Waals surface area contributed by atoms with E-state index in [9.17, 15) is 4.79 Å². The fourth-order valence-corrected chi connectivity index (χ4v) is 1.69. The summed E-state index contributed by atoms with van der Waals surface area (Å²) in [6, 6.07) is 8.10. The molecule has 0 saturated heterocycles. The Kier molecular flexibility index (Phi) is 2.82. The average Bonchev–Trinajstić information content (AvgIpc) is 2.44. The smallest absolute Gasteiger partial charge is 0.163 e. The molecule has 1 aliphatic rings.